The summed E-state index contributed by atoms with van der Waals surface area (Å²) in [6, 6.07) is 13.8. The summed E-state index contributed by atoms with van der Waals surface area (Å²) >= 11 is 0. The molecule has 1 amide bonds. The first kappa shape index (κ1) is 22.7. The summed E-state index contributed by atoms with van der Waals surface area (Å²) in [5.41, 5.74) is 4.68. The van der Waals surface area contributed by atoms with Gasteiger partial charge in [-0.3, -0.25) is 9.69 Å². The van der Waals surface area contributed by atoms with Crippen molar-refractivity contribution in [2.24, 2.45) is 0 Å². The predicted molar refractivity (Wildman–Crippen MR) is 124 cm³/mol. The third-order valence-electron chi connectivity index (χ3n) is 5.75. The molecule has 1 fully saturated rings. The SMILES string of the molecule is Cc1cccc(CN2CCN(C(=O)COC(=O)c3ccc(-n4nc(C)cc4C)nc3)CC2)c1. The number of ether oxygens (including phenoxy) is 1. The fourth-order valence-electron chi connectivity index (χ4n) is 4.02. The number of piperazine rings is 1. The van der Waals surface area contributed by atoms with Gasteiger partial charge >= 0.3 is 5.97 Å². The lowest BCUT2D eigenvalue weighted by Crippen LogP contribution is -2.49. The summed E-state index contributed by atoms with van der Waals surface area (Å²) in [7, 11) is 0. The number of rotatable bonds is 6. The van der Waals surface area contributed by atoms with Gasteiger partial charge in [-0.15, -0.1) is 0 Å². The number of hydrogen-bond acceptors (Lipinski definition) is 6. The molecule has 1 aromatic carbocycles. The molecular formula is C25H29N5O3. The molecular weight excluding hydrogens is 418 g/mol. The first-order valence-corrected chi connectivity index (χ1v) is 11.1. The minimum atomic E-state index is -0.561. The minimum absolute atomic E-state index is 0.175. The van der Waals surface area contributed by atoms with Crippen molar-refractivity contribution < 1.29 is 14.3 Å². The number of carbonyl (C=O) groups excluding carboxylic acids is 2. The summed E-state index contributed by atoms with van der Waals surface area (Å²) in [6.45, 7) is 9.40. The van der Waals surface area contributed by atoms with Crippen LogP contribution in [0.4, 0.5) is 0 Å². The zero-order valence-electron chi connectivity index (χ0n) is 19.3. The fraction of sp³-hybridized carbons (Fsp3) is 0.360. The number of hydrogen-bond donors (Lipinski definition) is 0. The second kappa shape index (κ2) is 9.95. The Morgan fingerprint density at radius 2 is 1.79 bits per heavy atom. The molecule has 0 aliphatic carbocycles. The predicted octanol–water partition coefficient (Wildman–Crippen LogP) is 2.69. The number of nitrogens with zero attached hydrogens (tertiary/aromatic N) is 5. The summed E-state index contributed by atoms with van der Waals surface area (Å²) in [5.74, 6) is -0.114. The molecule has 172 valence electrons. The van der Waals surface area contributed by atoms with Crippen molar-refractivity contribution >= 4 is 11.9 Å². The van der Waals surface area contributed by atoms with Crippen LogP contribution in [0.3, 0.4) is 0 Å². The molecule has 0 unspecified atom stereocenters. The van der Waals surface area contributed by atoms with E-state index in [0.29, 0.717) is 24.5 Å². The molecule has 3 heterocycles. The van der Waals surface area contributed by atoms with Crippen LogP contribution in [0, 0.1) is 20.8 Å². The largest absolute Gasteiger partial charge is 0.452 e. The van der Waals surface area contributed by atoms with Crippen molar-refractivity contribution in [3.63, 3.8) is 0 Å². The van der Waals surface area contributed by atoms with Crippen LogP contribution in [0.5, 0.6) is 0 Å². The minimum Gasteiger partial charge on any atom is -0.452 e. The number of pyridine rings is 1. The van der Waals surface area contributed by atoms with Crippen molar-refractivity contribution in [3.05, 3.63) is 76.7 Å². The van der Waals surface area contributed by atoms with E-state index in [4.69, 9.17) is 4.74 Å². The molecule has 0 atom stereocenters. The van der Waals surface area contributed by atoms with Gasteiger partial charge in [-0.25, -0.2) is 14.5 Å². The molecule has 0 N–H and O–H groups in total. The molecule has 33 heavy (non-hydrogen) atoms. The quantitative estimate of drug-likeness (QED) is 0.541. The van der Waals surface area contributed by atoms with Crippen molar-refractivity contribution in [2.45, 2.75) is 27.3 Å². The van der Waals surface area contributed by atoms with Gasteiger partial charge in [0.05, 0.1) is 11.3 Å². The van der Waals surface area contributed by atoms with Crippen molar-refractivity contribution in [3.8, 4) is 5.82 Å². The van der Waals surface area contributed by atoms with E-state index in [2.05, 4.69) is 46.2 Å². The van der Waals surface area contributed by atoms with Crippen molar-refractivity contribution in [1.82, 2.24) is 24.6 Å². The number of aromatic nitrogens is 3. The molecule has 0 saturated carbocycles. The van der Waals surface area contributed by atoms with Gasteiger partial charge in [-0.1, -0.05) is 29.8 Å². The highest BCUT2D eigenvalue weighted by Crippen LogP contribution is 2.12. The average Bonchev–Trinajstić information content (AvgIpc) is 3.15. The molecule has 8 nitrogen and oxygen atoms in total. The Kier molecular flexibility index (Phi) is 6.84. The van der Waals surface area contributed by atoms with Gasteiger partial charge in [0.25, 0.3) is 5.91 Å². The summed E-state index contributed by atoms with van der Waals surface area (Å²) in [6.07, 6.45) is 1.45. The molecule has 3 aromatic rings. The lowest BCUT2D eigenvalue weighted by molar-refractivity contribution is -0.136. The van der Waals surface area contributed by atoms with Crippen LogP contribution >= 0.6 is 0 Å². The van der Waals surface area contributed by atoms with Crippen LogP contribution in [0.1, 0.15) is 32.9 Å². The van der Waals surface area contributed by atoms with Crippen LogP contribution in [0.25, 0.3) is 5.82 Å². The molecule has 0 spiro atoms. The molecule has 2 aromatic heterocycles. The lowest BCUT2D eigenvalue weighted by atomic mass is 10.1. The number of amides is 1. The van der Waals surface area contributed by atoms with Crippen LogP contribution in [-0.2, 0) is 16.1 Å². The standard InChI is InChI=1S/C25H29N5O3/c1-18-5-4-6-21(13-18)16-28-9-11-29(12-10-28)24(31)17-33-25(32)22-7-8-23(26-15-22)30-20(3)14-19(2)27-30/h4-8,13-15H,9-12,16-17H2,1-3H3. The highest BCUT2D eigenvalue weighted by molar-refractivity contribution is 5.91. The summed E-state index contributed by atoms with van der Waals surface area (Å²) in [4.78, 5) is 33.3. The average molecular weight is 448 g/mol. The van der Waals surface area contributed by atoms with E-state index >= 15 is 0 Å². The molecule has 0 bridgehead atoms. The fourth-order valence-corrected chi connectivity index (χ4v) is 4.02. The van der Waals surface area contributed by atoms with E-state index in [9.17, 15) is 9.59 Å². The number of aryl methyl sites for hydroxylation is 3. The number of esters is 1. The van der Waals surface area contributed by atoms with Gasteiger partial charge in [0, 0.05) is 44.6 Å². The van der Waals surface area contributed by atoms with E-state index in [1.807, 2.05) is 19.9 Å². The molecule has 1 aliphatic heterocycles. The number of benzene rings is 1. The Labute approximate surface area is 193 Å². The van der Waals surface area contributed by atoms with E-state index < -0.39 is 5.97 Å². The summed E-state index contributed by atoms with van der Waals surface area (Å²) in [5, 5.41) is 4.38. The molecule has 0 radical (unpaired) electrons. The van der Waals surface area contributed by atoms with Gasteiger partial charge in [-0.05, 0) is 44.5 Å². The first-order chi connectivity index (χ1) is 15.9. The Bertz CT molecular complexity index is 1130. The second-order valence-electron chi connectivity index (χ2n) is 8.47. The van der Waals surface area contributed by atoms with Gasteiger partial charge < -0.3 is 9.64 Å². The molecule has 1 aliphatic rings. The van der Waals surface area contributed by atoms with Gasteiger partial charge in [0.2, 0.25) is 0 Å². The smallest absolute Gasteiger partial charge is 0.340 e. The zero-order valence-corrected chi connectivity index (χ0v) is 19.3. The molecule has 1 saturated heterocycles. The van der Waals surface area contributed by atoms with E-state index in [0.717, 1.165) is 31.0 Å². The highest BCUT2D eigenvalue weighted by atomic mass is 16.5. The van der Waals surface area contributed by atoms with E-state index in [1.54, 1.807) is 21.7 Å². The Balaban J connectivity index is 1.24. The maximum absolute atomic E-state index is 12.5. The Morgan fingerprint density at radius 1 is 1.00 bits per heavy atom. The van der Waals surface area contributed by atoms with Crippen LogP contribution in [-0.4, -0.2) is 69.2 Å². The van der Waals surface area contributed by atoms with Crippen LogP contribution in [0.15, 0.2) is 48.7 Å². The number of carbonyl (C=O) groups is 2. The maximum atomic E-state index is 12.5. The first-order valence-electron chi connectivity index (χ1n) is 11.1. The molecule has 4 rings (SSSR count). The Morgan fingerprint density at radius 3 is 2.42 bits per heavy atom. The third-order valence-corrected chi connectivity index (χ3v) is 5.75. The van der Waals surface area contributed by atoms with Gasteiger partial charge in [0.1, 0.15) is 0 Å². The monoisotopic (exact) mass is 447 g/mol. The van der Waals surface area contributed by atoms with E-state index in [-0.39, 0.29) is 12.5 Å². The maximum Gasteiger partial charge on any atom is 0.340 e. The topological polar surface area (TPSA) is 80.6 Å². The van der Waals surface area contributed by atoms with Gasteiger partial charge in [-0.2, -0.15) is 5.10 Å². The Hall–Kier alpha value is -3.52. The normalized spacial score (nSPS) is 14.3. The van der Waals surface area contributed by atoms with Crippen LogP contribution in [0.2, 0.25) is 0 Å². The highest BCUT2D eigenvalue weighted by Gasteiger charge is 2.22. The van der Waals surface area contributed by atoms with E-state index in [1.165, 1.54) is 17.3 Å². The lowest BCUT2D eigenvalue weighted by Gasteiger charge is -2.34. The van der Waals surface area contributed by atoms with Crippen molar-refractivity contribution in [2.75, 3.05) is 32.8 Å². The van der Waals surface area contributed by atoms with Gasteiger partial charge in [0.15, 0.2) is 12.4 Å². The van der Waals surface area contributed by atoms with Crippen molar-refractivity contribution in [1.29, 1.82) is 0 Å². The second-order valence-corrected chi connectivity index (χ2v) is 8.47. The van der Waals surface area contributed by atoms with Crippen LogP contribution < -0.4 is 0 Å². The third kappa shape index (κ3) is 5.64. The zero-order chi connectivity index (χ0) is 23.4. The summed E-state index contributed by atoms with van der Waals surface area (Å²) < 4.78 is 6.96. The molecule has 8 heteroatoms.